The lowest BCUT2D eigenvalue weighted by molar-refractivity contribution is 0.895. The van der Waals surface area contributed by atoms with Crippen molar-refractivity contribution in [3.05, 3.63) is 23.3 Å². The molecule has 0 bridgehead atoms. The maximum atomic E-state index is 9.36. The van der Waals surface area contributed by atoms with Gasteiger partial charge in [0, 0.05) is 9.79 Å². The standard InChI is InChI=1S/C16H20N2S2/c1-3-5-9-19-15-7-8-16(20-10-6-4-2)14(12-18)13(15)11-17/h7-8H,3-6,9-10H2,1-2H3. The number of hydrogen-bond acceptors (Lipinski definition) is 4. The van der Waals surface area contributed by atoms with Gasteiger partial charge in [0.25, 0.3) is 0 Å². The van der Waals surface area contributed by atoms with Crippen LogP contribution >= 0.6 is 23.5 Å². The first-order valence-electron chi connectivity index (χ1n) is 7.01. The molecule has 0 aliphatic rings. The third-order valence-electron chi connectivity index (χ3n) is 2.86. The molecule has 0 radical (unpaired) electrons. The summed E-state index contributed by atoms with van der Waals surface area (Å²) in [5.41, 5.74) is 1.10. The van der Waals surface area contributed by atoms with Crippen LogP contribution in [0.4, 0.5) is 0 Å². The molecule has 0 aliphatic carbocycles. The summed E-state index contributed by atoms with van der Waals surface area (Å²) in [6, 6.07) is 8.42. The number of nitrogens with zero attached hydrogens (tertiary/aromatic N) is 2. The van der Waals surface area contributed by atoms with Gasteiger partial charge in [-0.3, -0.25) is 0 Å². The molecule has 0 unspecified atom stereocenters. The Morgan fingerprint density at radius 1 is 0.850 bits per heavy atom. The molecule has 106 valence electrons. The van der Waals surface area contributed by atoms with Gasteiger partial charge in [0.15, 0.2) is 0 Å². The van der Waals surface area contributed by atoms with Gasteiger partial charge < -0.3 is 0 Å². The summed E-state index contributed by atoms with van der Waals surface area (Å²) in [6.45, 7) is 4.31. The quantitative estimate of drug-likeness (QED) is 0.488. The second-order valence-corrected chi connectivity index (χ2v) is 6.71. The molecular formula is C16H20N2S2. The Bertz CT molecular complexity index is 465. The van der Waals surface area contributed by atoms with E-state index >= 15 is 0 Å². The molecule has 0 N–H and O–H groups in total. The van der Waals surface area contributed by atoms with E-state index in [1.165, 1.54) is 0 Å². The largest absolute Gasteiger partial charge is 0.192 e. The smallest absolute Gasteiger partial charge is 0.102 e. The van der Waals surface area contributed by atoms with Crippen LogP contribution < -0.4 is 0 Å². The number of hydrogen-bond donors (Lipinski definition) is 0. The highest BCUT2D eigenvalue weighted by Gasteiger charge is 2.13. The number of rotatable bonds is 8. The highest BCUT2D eigenvalue weighted by atomic mass is 32.2. The Balaban J connectivity index is 2.95. The van der Waals surface area contributed by atoms with E-state index in [9.17, 15) is 10.5 Å². The van der Waals surface area contributed by atoms with Crippen molar-refractivity contribution >= 4 is 23.5 Å². The Kier molecular flexibility index (Phi) is 8.26. The van der Waals surface area contributed by atoms with Gasteiger partial charge in [-0.15, -0.1) is 23.5 Å². The Hall–Kier alpha value is -1.10. The monoisotopic (exact) mass is 304 g/mol. The summed E-state index contributed by atoms with van der Waals surface area (Å²) < 4.78 is 0. The molecule has 2 nitrogen and oxygen atoms in total. The lowest BCUT2D eigenvalue weighted by atomic mass is 10.1. The van der Waals surface area contributed by atoms with Crippen LogP contribution in [0.5, 0.6) is 0 Å². The number of nitriles is 2. The predicted octanol–water partition coefficient (Wildman–Crippen LogP) is 5.21. The van der Waals surface area contributed by atoms with Gasteiger partial charge in [0.2, 0.25) is 0 Å². The normalized spacial score (nSPS) is 10.0. The molecule has 20 heavy (non-hydrogen) atoms. The first kappa shape index (κ1) is 17.0. The minimum absolute atomic E-state index is 0.551. The third kappa shape index (κ3) is 4.78. The zero-order chi connectivity index (χ0) is 14.8. The molecule has 0 aromatic heterocycles. The number of benzene rings is 1. The van der Waals surface area contributed by atoms with E-state index in [2.05, 4.69) is 26.0 Å². The van der Waals surface area contributed by atoms with Crippen molar-refractivity contribution in [1.82, 2.24) is 0 Å². The van der Waals surface area contributed by atoms with Crippen molar-refractivity contribution < 1.29 is 0 Å². The summed E-state index contributed by atoms with van der Waals surface area (Å²) in [5.74, 6) is 2.00. The third-order valence-corrected chi connectivity index (χ3v) is 5.15. The minimum atomic E-state index is 0.551. The zero-order valence-corrected chi connectivity index (χ0v) is 13.7. The molecule has 0 fully saturated rings. The molecule has 1 aromatic carbocycles. The van der Waals surface area contributed by atoms with E-state index in [0.29, 0.717) is 11.1 Å². The Morgan fingerprint density at radius 3 is 1.55 bits per heavy atom. The van der Waals surface area contributed by atoms with Gasteiger partial charge >= 0.3 is 0 Å². The van der Waals surface area contributed by atoms with Crippen molar-refractivity contribution in [3.8, 4) is 12.1 Å². The first-order valence-corrected chi connectivity index (χ1v) is 8.98. The molecule has 4 heteroatoms. The van der Waals surface area contributed by atoms with E-state index in [-0.39, 0.29) is 0 Å². The number of unbranched alkanes of at least 4 members (excludes halogenated alkanes) is 2. The summed E-state index contributed by atoms with van der Waals surface area (Å²) in [7, 11) is 0. The van der Waals surface area contributed by atoms with Crippen LogP contribution in [0.3, 0.4) is 0 Å². The summed E-state index contributed by atoms with van der Waals surface area (Å²) in [5, 5.41) is 18.7. The highest BCUT2D eigenvalue weighted by molar-refractivity contribution is 7.99. The molecule has 0 amide bonds. The fourth-order valence-electron chi connectivity index (χ4n) is 1.68. The van der Waals surface area contributed by atoms with Crippen LogP contribution in [0.25, 0.3) is 0 Å². The summed E-state index contributed by atoms with van der Waals surface area (Å²) in [4.78, 5) is 1.88. The van der Waals surface area contributed by atoms with Gasteiger partial charge in [-0.25, -0.2) is 0 Å². The summed E-state index contributed by atoms with van der Waals surface area (Å²) in [6.07, 6.45) is 4.55. The van der Waals surface area contributed by atoms with Gasteiger partial charge in [-0.1, -0.05) is 26.7 Å². The molecule has 0 saturated heterocycles. The van der Waals surface area contributed by atoms with Crippen molar-refractivity contribution in [1.29, 1.82) is 10.5 Å². The van der Waals surface area contributed by atoms with Crippen molar-refractivity contribution in [2.24, 2.45) is 0 Å². The Morgan fingerprint density at radius 2 is 1.25 bits per heavy atom. The van der Waals surface area contributed by atoms with Crippen LogP contribution in [0.15, 0.2) is 21.9 Å². The van der Waals surface area contributed by atoms with Gasteiger partial charge in [-0.2, -0.15) is 10.5 Å². The van der Waals surface area contributed by atoms with E-state index in [1.807, 2.05) is 12.1 Å². The fraction of sp³-hybridized carbons (Fsp3) is 0.500. The van der Waals surface area contributed by atoms with Gasteiger partial charge in [0.1, 0.15) is 12.1 Å². The summed E-state index contributed by atoms with van der Waals surface area (Å²) >= 11 is 3.36. The van der Waals surface area contributed by atoms with E-state index in [0.717, 1.165) is 47.0 Å². The van der Waals surface area contributed by atoms with Gasteiger partial charge in [0.05, 0.1) is 11.1 Å². The molecule has 0 aliphatic heterocycles. The highest BCUT2D eigenvalue weighted by Crippen LogP contribution is 2.32. The Labute approximate surface area is 130 Å². The van der Waals surface area contributed by atoms with Crippen molar-refractivity contribution in [2.75, 3.05) is 11.5 Å². The second kappa shape index (κ2) is 9.75. The molecule has 0 atom stereocenters. The van der Waals surface area contributed by atoms with E-state index in [4.69, 9.17) is 0 Å². The van der Waals surface area contributed by atoms with Crippen LogP contribution in [-0.2, 0) is 0 Å². The van der Waals surface area contributed by atoms with Crippen molar-refractivity contribution in [3.63, 3.8) is 0 Å². The lowest BCUT2D eigenvalue weighted by Crippen LogP contribution is -1.93. The molecule has 1 aromatic rings. The minimum Gasteiger partial charge on any atom is -0.192 e. The maximum Gasteiger partial charge on any atom is 0.102 e. The second-order valence-electron chi connectivity index (χ2n) is 4.44. The van der Waals surface area contributed by atoms with E-state index < -0.39 is 0 Å². The SMILES string of the molecule is CCCCSc1ccc(SCCCC)c(C#N)c1C#N. The van der Waals surface area contributed by atoms with Crippen LogP contribution in [0, 0.1) is 22.7 Å². The van der Waals surface area contributed by atoms with Crippen LogP contribution in [-0.4, -0.2) is 11.5 Å². The average molecular weight is 304 g/mol. The molecular weight excluding hydrogens is 284 g/mol. The predicted molar refractivity (Wildman–Crippen MR) is 87.1 cm³/mol. The molecule has 0 heterocycles. The van der Waals surface area contributed by atoms with Crippen molar-refractivity contribution in [2.45, 2.75) is 49.3 Å². The topological polar surface area (TPSA) is 47.6 Å². The number of thioether (sulfide) groups is 2. The zero-order valence-electron chi connectivity index (χ0n) is 12.1. The fourth-order valence-corrected chi connectivity index (χ4v) is 3.90. The van der Waals surface area contributed by atoms with Crippen LogP contribution in [0.1, 0.15) is 50.7 Å². The van der Waals surface area contributed by atoms with Crippen LogP contribution in [0.2, 0.25) is 0 Å². The van der Waals surface area contributed by atoms with Gasteiger partial charge in [-0.05, 0) is 36.5 Å². The first-order chi connectivity index (χ1) is 9.78. The average Bonchev–Trinajstić information content (AvgIpc) is 2.48. The molecule has 1 rings (SSSR count). The van der Waals surface area contributed by atoms with E-state index in [1.54, 1.807) is 23.5 Å². The molecule has 0 saturated carbocycles. The maximum absolute atomic E-state index is 9.36. The molecule has 0 spiro atoms. The lowest BCUT2D eigenvalue weighted by Gasteiger charge is -2.09.